The number of hydroxylamine groups is 2. The minimum atomic E-state index is -4.66. The van der Waals surface area contributed by atoms with Crippen LogP contribution in [0.25, 0.3) is 11.4 Å². The largest absolute Gasteiger partial charge is 0.471 e. The highest BCUT2D eigenvalue weighted by molar-refractivity contribution is 5.54. The molecule has 0 aliphatic carbocycles. The van der Waals surface area contributed by atoms with Gasteiger partial charge in [0.15, 0.2) is 0 Å². The van der Waals surface area contributed by atoms with Gasteiger partial charge in [0.25, 0.3) is 0 Å². The molecule has 2 heterocycles. The molecule has 32 heavy (non-hydrogen) atoms. The monoisotopic (exact) mass is 443 g/mol. The number of benzene rings is 2. The topological polar surface area (TPSA) is 69.2 Å². The van der Waals surface area contributed by atoms with Crippen molar-refractivity contribution in [2.75, 3.05) is 7.05 Å². The van der Waals surface area contributed by atoms with Crippen molar-refractivity contribution in [3.05, 3.63) is 89.6 Å². The zero-order valence-corrected chi connectivity index (χ0v) is 17.2. The third kappa shape index (κ3) is 5.59. The zero-order valence-electron chi connectivity index (χ0n) is 17.2. The van der Waals surface area contributed by atoms with E-state index in [4.69, 9.17) is 4.84 Å². The molecule has 0 bridgehead atoms. The third-order valence-corrected chi connectivity index (χ3v) is 4.61. The molecule has 0 fully saturated rings. The van der Waals surface area contributed by atoms with E-state index >= 15 is 0 Å². The van der Waals surface area contributed by atoms with Gasteiger partial charge in [0.05, 0.1) is 25.9 Å². The number of hydrogen-bond donors (Lipinski definition) is 0. The van der Waals surface area contributed by atoms with Crippen LogP contribution in [0.15, 0.2) is 71.5 Å². The van der Waals surface area contributed by atoms with E-state index in [0.717, 1.165) is 16.7 Å². The molecule has 0 radical (unpaired) electrons. The summed E-state index contributed by atoms with van der Waals surface area (Å²) in [5.41, 5.74) is 3.44. The lowest BCUT2D eigenvalue weighted by Gasteiger charge is -2.15. The molecule has 10 heteroatoms. The zero-order chi connectivity index (χ0) is 22.6. The summed E-state index contributed by atoms with van der Waals surface area (Å²) in [5, 5.41) is 9.51. The number of aromatic nitrogens is 4. The van der Waals surface area contributed by atoms with Gasteiger partial charge in [-0.05, 0) is 11.1 Å². The maximum atomic E-state index is 12.6. The Labute approximate surface area is 182 Å². The lowest BCUT2D eigenvalue weighted by Crippen LogP contribution is -2.17. The van der Waals surface area contributed by atoms with Gasteiger partial charge in [-0.3, -0.25) is 9.52 Å². The molecule has 0 aliphatic heterocycles. The Morgan fingerprint density at radius 3 is 2.44 bits per heavy atom. The molecule has 4 aromatic rings. The minimum absolute atomic E-state index is 0.108. The van der Waals surface area contributed by atoms with Crippen molar-refractivity contribution in [2.24, 2.45) is 0 Å². The van der Waals surface area contributed by atoms with Gasteiger partial charge >= 0.3 is 12.1 Å². The maximum absolute atomic E-state index is 12.6. The van der Waals surface area contributed by atoms with Gasteiger partial charge in [0.2, 0.25) is 5.82 Å². The maximum Gasteiger partial charge on any atom is 0.471 e. The van der Waals surface area contributed by atoms with Crippen LogP contribution in [0.4, 0.5) is 13.2 Å². The summed E-state index contributed by atoms with van der Waals surface area (Å²) < 4.78 is 43.9. The first-order valence-electron chi connectivity index (χ1n) is 9.76. The summed E-state index contributed by atoms with van der Waals surface area (Å²) in [4.78, 5) is 9.14. The second-order valence-electron chi connectivity index (χ2n) is 7.21. The lowest BCUT2D eigenvalue weighted by atomic mass is 10.1. The van der Waals surface area contributed by atoms with Gasteiger partial charge in [0.1, 0.15) is 0 Å². The predicted octanol–water partition coefficient (Wildman–Crippen LogP) is 4.56. The van der Waals surface area contributed by atoms with E-state index in [2.05, 4.69) is 19.8 Å². The van der Waals surface area contributed by atoms with Crippen molar-refractivity contribution in [3.63, 3.8) is 0 Å². The Hall–Kier alpha value is -3.50. The van der Waals surface area contributed by atoms with Crippen LogP contribution in [0.1, 0.15) is 22.6 Å². The van der Waals surface area contributed by atoms with Crippen molar-refractivity contribution in [1.29, 1.82) is 0 Å². The average molecular weight is 443 g/mol. The molecular formula is C22H20F3N5O2. The molecule has 0 saturated heterocycles. The van der Waals surface area contributed by atoms with Gasteiger partial charge in [-0.15, -0.1) is 0 Å². The van der Waals surface area contributed by atoms with Crippen molar-refractivity contribution >= 4 is 0 Å². The highest BCUT2D eigenvalue weighted by atomic mass is 19.4. The van der Waals surface area contributed by atoms with Crippen LogP contribution in [0.5, 0.6) is 0 Å². The fourth-order valence-corrected chi connectivity index (χ4v) is 3.04. The Morgan fingerprint density at radius 1 is 1.00 bits per heavy atom. The molecule has 0 saturated carbocycles. The quantitative estimate of drug-likeness (QED) is 0.372. The molecule has 2 aromatic carbocycles. The first-order chi connectivity index (χ1) is 15.4. The molecule has 7 nitrogen and oxygen atoms in total. The Bertz CT molecular complexity index is 1140. The second kappa shape index (κ2) is 9.33. The Morgan fingerprint density at radius 2 is 1.75 bits per heavy atom. The number of halogens is 3. The van der Waals surface area contributed by atoms with Crippen LogP contribution < -0.4 is 0 Å². The summed E-state index contributed by atoms with van der Waals surface area (Å²) in [6.07, 6.45) is -0.969. The molecule has 0 unspecified atom stereocenters. The molecule has 0 atom stereocenters. The van der Waals surface area contributed by atoms with Gasteiger partial charge in [-0.25, -0.2) is 0 Å². The summed E-state index contributed by atoms with van der Waals surface area (Å²) in [6, 6.07) is 16.8. The Kier molecular flexibility index (Phi) is 6.33. The molecule has 0 aliphatic rings. The molecule has 2 aromatic heterocycles. The van der Waals surface area contributed by atoms with Crippen molar-refractivity contribution in [1.82, 2.24) is 25.0 Å². The minimum Gasteiger partial charge on any atom is -0.329 e. The fourth-order valence-electron chi connectivity index (χ4n) is 3.04. The summed E-state index contributed by atoms with van der Waals surface area (Å²) >= 11 is 0. The second-order valence-corrected chi connectivity index (χ2v) is 7.21. The van der Waals surface area contributed by atoms with E-state index in [1.165, 1.54) is 0 Å². The molecule has 0 spiro atoms. The number of rotatable bonds is 8. The standard InChI is InChI=1S/C22H20F3N5O2/c1-29(31-15-17-5-3-2-4-6-17)12-18-11-26-30(14-18)13-16-7-9-19(10-8-16)20-27-21(32-28-20)22(23,24)25/h2-11,14H,12-13,15H2,1H3. The highest BCUT2D eigenvalue weighted by Gasteiger charge is 2.38. The smallest absolute Gasteiger partial charge is 0.329 e. The van der Waals surface area contributed by atoms with Gasteiger partial charge in [-0.2, -0.15) is 28.3 Å². The van der Waals surface area contributed by atoms with Crippen molar-refractivity contribution < 1.29 is 22.5 Å². The summed E-state index contributed by atoms with van der Waals surface area (Å²) in [5.74, 6) is -1.47. The van der Waals surface area contributed by atoms with Crippen LogP contribution in [0, 0.1) is 0 Å². The van der Waals surface area contributed by atoms with E-state index in [1.807, 2.05) is 43.6 Å². The predicted molar refractivity (Wildman–Crippen MR) is 109 cm³/mol. The SMILES string of the molecule is CN(Cc1cnn(Cc2ccc(-c3noc(C(F)(F)F)n3)cc2)c1)OCc1ccccc1. The van der Waals surface area contributed by atoms with Crippen molar-refractivity contribution in [3.8, 4) is 11.4 Å². The fraction of sp³-hybridized carbons (Fsp3) is 0.227. The lowest BCUT2D eigenvalue weighted by molar-refractivity contribution is -0.159. The molecule has 0 N–H and O–H groups in total. The number of nitrogens with zero attached hydrogens (tertiary/aromatic N) is 5. The van der Waals surface area contributed by atoms with Gasteiger partial charge < -0.3 is 4.52 Å². The highest BCUT2D eigenvalue weighted by Crippen LogP contribution is 2.29. The van der Waals surface area contributed by atoms with Crippen LogP contribution in [0.3, 0.4) is 0 Å². The molecule has 0 amide bonds. The van der Waals surface area contributed by atoms with Gasteiger partial charge in [-0.1, -0.05) is 59.8 Å². The van der Waals surface area contributed by atoms with E-state index in [1.54, 1.807) is 40.2 Å². The van der Waals surface area contributed by atoms with Gasteiger partial charge in [0, 0.05) is 24.4 Å². The molecule has 4 rings (SSSR count). The Balaban J connectivity index is 1.31. The average Bonchev–Trinajstić information content (AvgIpc) is 3.44. The first-order valence-corrected chi connectivity index (χ1v) is 9.76. The van der Waals surface area contributed by atoms with Crippen LogP contribution >= 0.6 is 0 Å². The summed E-state index contributed by atoms with van der Waals surface area (Å²) in [7, 11) is 1.86. The van der Waals surface area contributed by atoms with E-state index in [0.29, 0.717) is 25.3 Å². The number of alkyl halides is 3. The van der Waals surface area contributed by atoms with E-state index in [-0.39, 0.29) is 5.82 Å². The third-order valence-electron chi connectivity index (χ3n) is 4.61. The molecule has 166 valence electrons. The van der Waals surface area contributed by atoms with E-state index < -0.39 is 12.1 Å². The number of hydrogen-bond acceptors (Lipinski definition) is 6. The van der Waals surface area contributed by atoms with Crippen LogP contribution in [-0.4, -0.2) is 32.0 Å². The molecular weight excluding hydrogens is 423 g/mol. The first kappa shape index (κ1) is 21.7. The van der Waals surface area contributed by atoms with Crippen LogP contribution in [0.2, 0.25) is 0 Å². The summed E-state index contributed by atoms with van der Waals surface area (Å²) in [6.45, 7) is 1.57. The van der Waals surface area contributed by atoms with Crippen LogP contribution in [-0.2, 0) is 30.7 Å². The van der Waals surface area contributed by atoms with E-state index in [9.17, 15) is 13.2 Å². The van der Waals surface area contributed by atoms with Crippen molar-refractivity contribution in [2.45, 2.75) is 25.9 Å². The normalized spacial score (nSPS) is 11.9.